The van der Waals surface area contributed by atoms with Gasteiger partial charge in [0.25, 0.3) is 0 Å². The van der Waals surface area contributed by atoms with Crippen molar-refractivity contribution in [1.82, 2.24) is 0 Å². The van der Waals surface area contributed by atoms with Gasteiger partial charge >= 0.3 is 0 Å². The molecule has 0 aliphatic rings. The van der Waals surface area contributed by atoms with Crippen molar-refractivity contribution in [2.24, 2.45) is 0 Å². The van der Waals surface area contributed by atoms with Crippen molar-refractivity contribution in [3.05, 3.63) is 12.2 Å². The Kier molecular flexibility index (Phi) is 7.44. The molecule has 9 heavy (non-hydrogen) atoms. The van der Waals surface area contributed by atoms with Gasteiger partial charge in [-0.05, 0) is 19.3 Å². The molecule has 0 fully saturated rings. The zero-order valence-electron chi connectivity index (χ0n) is 6.14. The minimum absolute atomic E-state index is 0.316. The maximum absolute atomic E-state index is 8.39. The molecule has 0 unspecified atom stereocenters. The van der Waals surface area contributed by atoms with Crippen LogP contribution in [0.5, 0.6) is 0 Å². The van der Waals surface area contributed by atoms with E-state index in [-0.39, 0.29) is 0 Å². The van der Waals surface area contributed by atoms with Gasteiger partial charge in [0.05, 0.1) is 0 Å². The maximum Gasteiger partial charge on any atom is 0.0433 e. The molecule has 0 aromatic rings. The maximum atomic E-state index is 8.39. The van der Waals surface area contributed by atoms with Gasteiger partial charge in [-0.25, -0.2) is 0 Å². The van der Waals surface area contributed by atoms with Crippen molar-refractivity contribution in [1.29, 1.82) is 0 Å². The highest BCUT2D eigenvalue weighted by Crippen LogP contribution is 1.93. The normalized spacial score (nSPS) is 10.9. The number of aliphatic hydroxyl groups excluding tert-OH is 1. The highest BCUT2D eigenvalue weighted by Gasteiger charge is 1.77. The van der Waals surface area contributed by atoms with E-state index in [2.05, 4.69) is 19.1 Å². The zero-order chi connectivity index (χ0) is 6.95. The van der Waals surface area contributed by atoms with Crippen molar-refractivity contribution in [3.8, 4) is 0 Å². The van der Waals surface area contributed by atoms with E-state index in [1.54, 1.807) is 0 Å². The lowest BCUT2D eigenvalue weighted by atomic mass is 10.2. The fourth-order valence-electron chi connectivity index (χ4n) is 0.612. The smallest absolute Gasteiger partial charge is 0.0433 e. The molecule has 1 N–H and O–H groups in total. The molecule has 0 aromatic carbocycles. The van der Waals surface area contributed by atoms with E-state index >= 15 is 0 Å². The van der Waals surface area contributed by atoms with Gasteiger partial charge in [-0.2, -0.15) is 0 Å². The van der Waals surface area contributed by atoms with Crippen LogP contribution in [-0.4, -0.2) is 11.7 Å². The Morgan fingerprint density at radius 2 is 1.89 bits per heavy atom. The van der Waals surface area contributed by atoms with Gasteiger partial charge in [0.1, 0.15) is 0 Å². The van der Waals surface area contributed by atoms with Gasteiger partial charge in [-0.15, -0.1) is 0 Å². The summed E-state index contributed by atoms with van der Waals surface area (Å²) in [7, 11) is 0. The lowest BCUT2D eigenvalue weighted by Crippen LogP contribution is -1.77. The molecule has 0 aliphatic heterocycles. The van der Waals surface area contributed by atoms with E-state index < -0.39 is 0 Å². The van der Waals surface area contributed by atoms with E-state index in [1.165, 1.54) is 12.8 Å². The fraction of sp³-hybridized carbons (Fsp3) is 0.750. The Morgan fingerprint density at radius 3 is 2.44 bits per heavy atom. The molecule has 0 heterocycles. The van der Waals surface area contributed by atoms with Crippen LogP contribution in [0.15, 0.2) is 12.2 Å². The molecule has 0 spiro atoms. The van der Waals surface area contributed by atoms with Crippen LogP contribution in [-0.2, 0) is 0 Å². The third-order valence-electron chi connectivity index (χ3n) is 1.15. The molecule has 1 heteroatoms. The number of unbranched alkanes of at least 4 members (excludes halogenated alkanes) is 2. The van der Waals surface area contributed by atoms with Gasteiger partial charge in [-0.1, -0.05) is 25.5 Å². The number of allylic oxidation sites excluding steroid dienone is 2. The van der Waals surface area contributed by atoms with Crippen LogP contribution in [0.2, 0.25) is 0 Å². The lowest BCUT2D eigenvalue weighted by Gasteiger charge is -1.87. The molecule has 0 saturated carbocycles. The summed E-state index contributed by atoms with van der Waals surface area (Å²) < 4.78 is 0. The molecule has 0 saturated heterocycles. The van der Waals surface area contributed by atoms with Crippen LogP contribution in [0.25, 0.3) is 0 Å². The van der Waals surface area contributed by atoms with Gasteiger partial charge in [0.15, 0.2) is 0 Å². The van der Waals surface area contributed by atoms with Crippen LogP contribution >= 0.6 is 0 Å². The minimum atomic E-state index is 0.316. The van der Waals surface area contributed by atoms with Gasteiger partial charge < -0.3 is 5.11 Å². The Balaban J connectivity index is 2.86. The van der Waals surface area contributed by atoms with Gasteiger partial charge in [0.2, 0.25) is 0 Å². The second-order valence-corrected chi connectivity index (χ2v) is 2.13. The van der Waals surface area contributed by atoms with Crippen LogP contribution in [0.3, 0.4) is 0 Å². The number of hydrogen-bond donors (Lipinski definition) is 1. The van der Waals surface area contributed by atoms with Crippen molar-refractivity contribution in [3.63, 3.8) is 0 Å². The minimum Gasteiger partial charge on any atom is -0.396 e. The van der Waals surface area contributed by atoms with E-state index in [4.69, 9.17) is 5.11 Å². The summed E-state index contributed by atoms with van der Waals surface area (Å²) in [6, 6.07) is 0. The van der Waals surface area contributed by atoms with Crippen LogP contribution in [0, 0.1) is 0 Å². The topological polar surface area (TPSA) is 20.2 Å². The standard InChI is InChI=1S/C8H16O/c1-2-3-4-5-6-7-8-9/h4-5,9H,2-3,6-8H2,1H3/b5-4-. The van der Waals surface area contributed by atoms with Crippen LogP contribution in [0.1, 0.15) is 32.6 Å². The fourth-order valence-corrected chi connectivity index (χ4v) is 0.612. The van der Waals surface area contributed by atoms with Crippen molar-refractivity contribution in [2.45, 2.75) is 32.6 Å². The Hall–Kier alpha value is -0.300. The molecule has 0 atom stereocenters. The third kappa shape index (κ3) is 7.70. The van der Waals surface area contributed by atoms with E-state index in [9.17, 15) is 0 Å². The molecule has 1 nitrogen and oxygen atoms in total. The first-order chi connectivity index (χ1) is 4.41. The number of hydrogen-bond acceptors (Lipinski definition) is 1. The molecule has 0 aromatic heterocycles. The average Bonchev–Trinajstić information content (AvgIpc) is 1.89. The molecule has 0 amide bonds. The SMILES string of the molecule is CCC/C=C\CCCO. The summed E-state index contributed by atoms with van der Waals surface area (Å²) in [6.45, 7) is 2.48. The second kappa shape index (κ2) is 7.70. The molecule has 0 rings (SSSR count). The summed E-state index contributed by atoms with van der Waals surface area (Å²) in [5, 5.41) is 8.39. The van der Waals surface area contributed by atoms with Gasteiger partial charge in [0, 0.05) is 6.61 Å². The highest BCUT2D eigenvalue weighted by atomic mass is 16.2. The van der Waals surface area contributed by atoms with Crippen molar-refractivity contribution in [2.75, 3.05) is 6.61 Å². The van der Waals surface area contributed by atoms with Crippen LogP contribution < -0.4 is 0 Å². The Bertz CT molecular complexity index is 67.0. The summed E-state index contributed by atoms with van der Waals surface area (Å²) in [4.78, 5) is 0. The average molecular weight is 128 g/mol. The predicted molar refractivity (Wildman–Crippen MR) is 40.4 cm³/mol. The van der Waals surface area contributed by atoms with Gasteiger partial charge in [-0.3, -0.25) is 0 Å². The quantitative estimate of drug-likeness (QED) is 0.444. The van der Waals surface area contributed by atoms with Crippen LogP contribution in [0.4, 0.5) is 0 Å². The van der Waals surface area contributed by atoms with Crippen molar-refractivity contribution < 1.29 is 5.11 Å². The summed E-state index contributed by atoms with van der Waals surface area (Å²) in [6.07, 6.45) is 8.63. The predicted octanol–water partition coefficient (Wildman–Crippen LogP) is 2.12. The first kappa shape index (κ1) is 8.70. The van der Waals surface area contributed by atoms with E-state index in [1.807, 2.05) is 0 Å². The lowest BCUT2D eigenvalue weighted by molar-refractivity contribution is 0.289. The molecule has 54 valence electrons. The molecular formula is C8H16O. The van der Waals surface area contributed by atoms with Crippen molar-refractivity contribution >= 4 is 0 Å². The molecule has 0 aliphatic carbocycles. The Labute approximate surface area is 57.4 Å². The first-order valence-electron chi connectivity index (χ1n) is 3.67. The number of rotatable bonds is 5. The monoisotopic (exact) mass is 128 g/mol. The van der Waals surface area contributed by atoms with E-state index in [0.717, 1.165) is 12.8 Å². The Morgan fingerprint density at radius 1 is 1.22 bits per heavy atom. The third-order valence-corrected chi connectivity index (χ3v) is 1.15. The summed E-state index contributed by atoms with van der Waals surface area (Å²) in [5.74, 6) is 0. The summed E-state index contributed by atoms with van der Waals surface area (Å²) in [5.41, 5.74) is 0. The largest absolute Gasteiger partial charge is 0.396 e. The first-order valence-corrected chi connectivity index (χ1v) is 3.67. The number of aliphatic hydroxyl groups is 1. The second-order valence-electron chi connectivity index (χ2n) is 2.13. The molecule has 0 radical (unpaired) electrons. The van der Waals surface area contributed by atoms with E-state index in [0.29, 0.717) is 6.61 Å². The molecule has 0 bridgehead atoms. The highest BCUT2D eigenvalue weighted by molar-refractivity contribution is 4.80. The zero-order valence-corrected chi connectivity index (χ0v) is 6.14. The molecular weight excluding hydrogens is 112 g/mol. The summed E-state index contributed by atoms with van der Waals surface area (Å²) >= 11 is 0.